The van der Waals surface area contributed by atoms with E-state index in [1.165, 1.54) is 43.8 Å². The largest absolute Gasteiger partial charge is 0.424 e. The second-order valence-corrected chi connectivity index (χ2v) is 6.34. The first kappa shape index (κ1) is 18.5. The highest BCUT2D eigenvalue weighted by Crippen LogP contribution is 2.20. The van der Waals surface area contributed by atoms with Crippen molar-refractivity contribution in [3.8, 4) is 0 Å². The normalized spacial score (nSPS) is 19.9. The monoisotopic (exact) mass is 328 g/mol. The van der Waals surface area contributed by atoms with Crippen LogP contribution < -0.4 is 0 Å². The van der Waals surface area contributed by atoms with Crippen LogP contribution in [0.1, 0.15) is 51.9 Å². The van der Waals surface area contributed by atoms with Crippen molar-refractivity contribution in [1.82, 2.24) is 0 Å². The van der Waals surface area contributed by atoms with E-state index < -0.39 is 0 Å². The molecule has 0 amide bonds. The number of esters is 1. The van der Waals surface area contributed by atoms with Gasteiger partial charge in [0.1, 0.15) is 5.76 Å². The maximum atomic E-state index is 11.6. The number of rotatable bonds is 7. The van der Waals surface area contributed by atoms with Crippen LogP contribution >= 0.6 is 0 Å². The summed E-state index contributed by atoms with van der Waals surface area (Å²) in [5.41, 5.74) is 1.19. The van der Waals surface area contributed by atoms with Crippen LogP contribution in [-0.4, -0.2) is 18.7 Å². The second kappa shape index (κ2) is 10.8. The second-order valence-electron chi connectivity index (χ2n) is 6.34. The van der Waals surface area contributed by atoms with Crippen molar-refractivity contribution in [2.24, 2.45) is 0 Å². The summed E-state index contributed by atoms with van der Waals surface area (Å²) in [6.45, 7) is 2.74. The molecule has 1 fully saturated rings. The molecule has 0 aliphatic heterocycles. The highest BCUT2D eigenvalue weighted by Gasteiger charge is 2.13. The van der Waals surface area contributed by atoms with E-state index in [0.717, 1.165) is 12.8 Å². The topological polar surface area (TPSA) is 35.5 Å². The molecule has 0 aromatic heterocycles. The molecule has 130 valence electrons. The quantitative estimate of drug-likeness (QED) is 0.367. The predicted molar refractivity (Wildman–Crippen MR) is 97.4 cm³/mol. The predicted octanol–water partition coefficient (Wildman–Crippen LogP) is 5.17. The average molecular weight is 328 g/mol. The lowest BCUT2D eigenvalue weighted by molar-refractivity contribution is -0.133. The molecule has 0 spiro atoms. The van der Waals surface area contributed by atoms with E-state index in [1.807, 2.05) is 36.5 Å². The van der Waals surface area contributed by atoms with Gasteiger partial charge in [-0.05, 0) is 50.3 Å². The number of hydrogen-bond donors (Lipinski definition) is 0. The van der Waals surface area contributed by atoms with Crippen LogP contribution in [0.2, 0.25) is 0 Å². The maximum Gasteiger partial charge on any atom is 0.336 e. The molecule has 0 radical (unpaired) electrons. The van der Waals surface area contributed by atoms with Gasteiger partial charge in [0.05, 0.1) is 12.7 Å². The fourth-order valence-corrected chi connectivity index (χ4v) is 2.76. The van der Waals surface area contributed by atoms with Crippen molar-refractivity contribution >= 4 is 5.97 Å². The van der Waals surface area contributed by atoms with E-state index >= 15 is 0 Å². The number of ether oxygens (including phenoxy) is 2. The maximum absolute atomic E-state index is 11.6. The molecule has 3 heteroatoms. The molecule has 2 rings (SSSR count). The summed E-state index contributed by atoms with van der Waals surface area (Å²) in [5.74, 6) is 0.286. The van der Waals surface area contributed by atoms with E-state index in [0.29, 0.717) is 18.5 Å². The Morgan fingerprint density at radius 3 is 2.75 bits per heavy atom. The SMILES string of the molecule is C\C(=C/C=C\C=C\C(=O)OC1=CCCC=C1)COC1CCCCC1. The van der Waals surface area contributed by atoms with E-state index in [4.69, 9.17) is 9.47 Å². The fourth-order valence-electron chi connectivity index (χ4n) is 2.76. The molecule has 0 atom stereocenters. The van der Waals surface area contributed by atoms with Crippen LogP contribution in [0.4, 0.5) is 0 Å². The smallest absolute Gasteiger partial charge is 0.336 e. The summed E-state index contributed by atoms with van der Waals surface area (Å²) >= 11 is 0. The van der Waals surface area contributed by atoms with Crippen LogP contribution in [0.15, 0.2) is 59.9 Å². The van der Waals surface area contributed by atoms with E-state index in [2.05, 4.69) is 6.92 Å². The Hall–Kier alpha value is -1.87. The average Bonchev–Trinajstić information content (AvgIpc) is 2.61. The number of allylic oxidation sites excluding steroid dienone is 7. The van der Waals surface area contributed by atoms with Crippen molar-refractivity contribution in [3.63, 3.8) is 0 Å². The van der Waals surface area contributed by atoms with Gasteiger partial charge in [-0.15, -0.1) is 0 Å². The van der Waals surface area contributed by atoms with Crippen molar-refractivity contribution in [2.75, 3.05) is 6.61 Å². The highest BCUT2D eigenvalue weighted by atomic mass is 16.5. The molecule has 24 heavy (non-hydrogen) atoms. The van der Waals surface area contributed by atoms with Crippen molar-refractivity contribution in [3.05, 3.63) is 59.9 Å². The lowest BCUT2D eigenvalue weighted by Crippen LogP contribution is -2.17. The minimum Gasteiger partial charge on any atom is -0.424 e. The highest BCUT2D eigenvalue weighted by molar-refractivity contribution is 5.83. The molecule has 3 nitrogen and oxygen atoms in total. The first-order chi connectivity index (χ1) is 11.7. The number of carbonyl (C=O) groups excluding carboxylic acids is 1. The van der Waals surface area contributed by atoms with Gasteiger partial charge in [0, 0.05) is 6.08 Å². The van der Waals surface area contributed by atoms with Gasteiger partial charge in [0.25, 0.3) is 0 Å². The fraction of sp³-hybridized carbons (Fsp3) is 0.476. The van der Waals surface area contributed by atoms with Gasteiger partial charge in [-0.25, -0.2) is 4.79 Å². The number of hydrogen-bond acceptors (Lipinski definition) is 3. The van der Waals surface area contributed by atoms with E-state index in [1.54, 1.807) is 6.08 Å². The third-order valence-corrected chi connectivity index (χ3v) is 4.11. The molecular formula is C21H28O3. The van der Waals surface area contributed by atoms with Crippen molar-refractivity contribution in [2.45, 2.75) is 58.0 Å². The van der Waals surface area contributed by atoms with E-state index in [9.17, 15) is 4.79 Å². The van der Waals surface area contributed by atoms with Crippen LogP contribution in [0, 0.1) is 0 Å². The summed E-state index contributed by atoms with van der Waals surface area (Å²) in [7, 11) is 0. The van der Waals surface area contributed by atoms with Gasteiger partial charge >= 0.3 is 5.97 Å². The van der Waals surface area contributed by atoms with Gasteiger partial charge in [-0.1, -0.05) is 49.6 Å². The summed E-state index contributed by atoms with van der Waals surface area (Å²) < 4.78 is 11.1. The minimum absolute atomic E-state index is 0.348. The first-order valence-corrected chi connectivity index (χ1v) is 8.94. The standard InChI is InChI=1S/C21H28O3/c1-18(17-23-19-12-6-3-7-13-19)11-5-2-10-16-21(22)24-20-14-8-4-9-15-20/h2,5,8,10-11,14-16,19H,3-4,6-7,9,12-13,17H2,1H3/b5-2-,16-10+,18-11+. The van der Waals surface area contributed by atoms with Gasteiger partial charge in [-0.3, -0.25) is 0 Å². The summed E-state index contributed by atoms with van der Waals surface area (Å²) in [4.78, 5) is 11.6. The lowest BCUT2D eigenvalue weighted by Gasteiger charge is -2.22. The molecular weight excluding hydrogens is 300 g/mol. The van der Waals surface area contributed by atoms with Crippen LogP contribution in [0.3, 0.4) is 0 Å². The Balaban J connectivity index is 1.65. The summed E-state index contributed by atoms with van der Waals surface area (Å²) in [6, 6.07) is 0. The molecule has 0 aromatic rings. The first-order valence-electron chi connectivity index (χ1n) is 8.94. The van der Waals surface area contributed by atoms with E-state index in [-0.39, 0.29) is 5.97 Å². The molecule has 0 heterocycles. The van der Waals surface area contributed by atoms with Crippen LogP contribution in [0.5, 0.6) is 0 Å². The Morgan fingerprint density at radius 1 is 1.17 bits per heavy atom. The van der Waals surface area contributed by atoms with Gasteiger partial charge in [-0.2, -0.15) is 0 Å². The molecule has 2 aliphatic rings. The Kier molecular flexibility index (Phi) is 8.33. The molecule has 0 bridgehead atoms. The minimum atomic E-state index is -0.348. The Bertz CT molecular complexity index is 543. The zero-order valence-electron chi connectivity index (χ0n) is 14.6. The third-order valence-electron chi connectivity index (χ3n) is 4.11. The third kappa shape index (κ3) is 7.60. The molecule has 0 saturated heterocycles. The van der Waals surface area contributed by atoms with Gasteiger partial charge in [0.2, 0.25) is 0 Å². The van der Waals surface area contributed by atoms with Gasteiger partial charge in [0.15, 0.2) is 0 Å². The number of carbonyl (C=O) groups is 1. The lowest BCUT2D eigenvalue weighted by atomic mass is 9.98. The van der Waals surface area contributed by atoms with Crippen molar-refractivity contribution in [1.29, 1.82) is 0 Å². The molecule has 0 unspecified atom stereocenters. The molecule has 0 N–H and O–H groups in total. The summed E-state index contributed by atoms with van der Waals surface area (Å²) in [6.07, 6.45) is 23.4. The van der Waals surface area contributed by atoms with Crippen LogP contribution in [-0.2, 0) is 14.3 Å². The molecule has 1 saturated carbocycles. The summed E-state index contributed by atoms with van der Waals surface area (Å²) in [5, 5.41) is 0. The Morgan fingerprint density at radius 2 is 2.00 bits per heavy atom. The molecule has 2 aliphatic carbocycles. The van der Waals surface area contributed by atoms with Crippen molar-refractivity contribution < 1.29 is 14.3 Å². The van der Waals surface area contributed by atoms with Crippen LogP contribution in [0.25, 0.3) is 0 Å². The molecule has 0 aromatic carbocycles. The Labute approximate surface area is 145 Å². The van der Waals surface area contributed by atoms with Gasteiger partial charge < -0.3 is 9.47 Å². The zero-order valence-corrected chi connectivity index (χ0v) is 14.6. The zero-order chi connectivity index (χ0) is 17.0.